The van der Waals surface area contributed by atoms with Gasteiger partial charge in [-0.15, -0.1) is 0 Å². The molecule has 92 valence electrons. The third kappa shape index (κ3) is 2.51. The molecule has 0 aromatic heterocycles. The lowest BCUT2D eigenvalue weighted by molar-refractivity contribution is 0.101. The van der Waals surface area contributed by atoms with Gasteiger partial charge in [-0.25, -0.2) is 0 Å². The molecule has 17 heavy (non-hydrogen) atoms. The minimum atomic E-state index is 0.229. The summed E-state index contributed by atoms with van der Waals surface area (Å²) in [4.78, 5) is 2.54. The summed E-state index contributed by atoms with van der Waals surface area (Å²) in [5.74, 6) is 0. The molecule has 2 aliphatic heterocycles. The average molecular weight is 232 g/mol. The molecule has 1 atom stereocenters. The van der Waals surface area contributed by atoms with Gasteiger partial charge in [0.1, 0.15) is 0 Å². The van der Waals surface area contributed by atoms with Crippen molar-refractivity contribution < 1.29 is 4.74 Å². The Balaban J connectivity index is 1.64. The maximum atomic E-state index is 5.55. The molecule has 1 aromatic carbocycles. The van der Waals surface area contributed by atoms with Crippen LogP contribution in [0.2, 0.25) is 0 Å². The Morgan fingerprint density at radius 3 is 2.94 bits per heavy atom. The summed E-state index contributed by atoms with van der Waals surface area (Å²) in [6, 6.07) is 10.7. The number of rotatable bonds is 2. The molecule has 0 aliphatic carbocycles. The van der Waals surface area contributed by atoms with Gasteiger partial charge in [0, 0.05) is 32.8 Å². The normalized spacial score (nSPS) is 29.9. The first-order chi connectivity index (χ1) is 8.36. The maximum Gasteiger partial charge on any atom is 0.0661 e. The van der Waals surface area contributed by atoms with Crippen molar-refractivity contribution in [3.05, 3.63) is 35.9 Å². The zero-order valence-corrected chi connectivity index (χ0v) is 10.2. The minimum Gasteiger partial charge on any atom is -0.379 e. The predicted molar refractivity (Wildman–Crippen MR) is 67.9 cm³/mol. The van der Waals surface area contributed by atoms with Gasteiger partial charge in [-0.05, 0) is 12.0 Å². The van der Waals surface area contributed by atoms with Crippen LogP contribution in [0, 0.1) is 0 Å². The number of hydrogen-bond acceptors (Lipinski definition) is 3. The molecular formula is C14H20N2O. The molecule has 3 heteroatoms. The molecule has 0 amide bonds. The van der Waals surface area contributed by atoms with Crippen molar-refractivity contribution in [2.45, 2.75) is 18.5 Å². The van der Waals surface area contributed by atoms with Gasteiger partial charge in [0.25, 0.3) is 0 Å². The molecule has 2 heterocycles. The number of ether oxygens (including phenoxy) is 1. The third-order valence-corrected chi connectivity index (χ3v) is 3.81. The van der Waals surface area contributed by atoms with Gasteiger partial charge in [0.15, 0.2) is 0 Å². The average Bonchev–Trinajstić information content (AvgIpc) is 2.79. The number of nitrogens with zero attached hydrogens (tertiary/aromatic N) is 1. The highest BCUT2D eigenvalue weighted by molar-refractivity contribution is 5.15. The van der Waals surface area contributed by atoms with E-state index in [-0.39, 0.29) is 5.54 Å². The summed E-state index contributed by atoms with van der Waals surface area (Å²) in [6.45, 7) is 6.17. The van der Waals surface area contributed by atoms with E-state index in [2.05, 4.69) is 40.5 Å². The Bertz CT molecular complexity index is 360. The molecular weight excluding hydrogens is 212 g/mol. The number of hydrogen-bond donors (Lipinski definition) is 1. The van der Waals surface area contributed by atoms with Crippen molar-refractivity contribution in [2.24, 2.45) is 0 Å². The highest BCUT2D eigenvalue weighted by atomic mass is 16.5. The quantitative estimate of drug-likeness (QED) is 0.830. The van der Waals surface area contributed by atoms with Crippen molar-refractivity contribution >= 4 is 0 Å². The van der Waals surface area contributed by atoms with E-state index in [4.69, 9.17) is 4.74 Å². The van der Waals surface area contributed by atoms with Gasteiger partial charge in [0.05, 0.1) is 12.1 Å². The first-order valence-corrected chi connectivity index (χ1v) is 6.45. The summed E-state index contributed by atoms with van der Waals surface area (Å²) in [5, 5.41) is 3.64. The predicted octanol–water partition coefficient (Wildman–Crippen LogP) is 1.25. The Labute approximate surface area is 103 Å². The van der Waals surface area contributed by atoms with Gasteiger partial charge < -0.3 is 10.1 Å². The van der Waals surface area contributed by atoms with Crippen LogP contribution < -0.4 is 5.32 Å². The number of piperazine rings is 1. The topological polar surface area (TPSA) is 24.5 Å². The summed E-state index contributed by atoms with van der Waals surface area (Å²) in [5.41, 5.74) is 1.64. The van der Waals surface area contributed by atoms with Crippen LogP contribution in [0.25, 0.3) is 0 Å². The fourth-order valence-electron chi connectivity index (χ4n) is 2.89. The summed E-state index contributed by atoms with van der Waals surface area (Å²) in [6.07, 6.45) is 1.15. The van der Waals surface area contributed by atoms with Gasteiger partial charge in [-0.2, -0.15) is 0 Å². The fourth-order valence-corrected chi connectivity index (χ4v) is 2.89. The first-order valence-electron chi connectivity index (χ1n) is 6.45. The van der Waals surface area contributed by atoms with Crippen LogP contribution in [-0.4, -0.2) is 43.3 Å². The van der Waals surface area contributed by atoms with E-state index in [9.17, 15) is 0 Å². The molecule has 0 saturated carbocycles. The lowest BCUT2D eigenvalue weighted by atomic mass is 9.95. The van der Waals surface area contributed by atoms with Crippen LogP contribution in [0.3, 0.4) is 0 Å². The van der Waals surface area contributed by atoms with Crippen LogP contribution in [0.5, 0.6) is 0 Å². The second-order valence-electron chi connectivity index (χ2n) is 5.21. The zero-order chi connectivity index (χ0) is 11.6. The minimum absolute atomic E-state index is 0.229. The highest BCUT2D eigenvalue weighted by Crippen LogP contribution is 2.23. The Kier molecular flexibility index (Phi) is 3.14. The van der Waals surface area contributed by atoms with E-state index in [1.165, 1.54) is 5.56 Å². The second-order valence-corrected chi connectivity index (χ2v) is 5.21. The molecule has 3 nitrogen and oxygen atoms in total. The first kappa shape index (κ1) is 11.2. The SMILES string of the molecule is c1ccc(CN2CCN[C@@]3(CCOC3)C2)cc1. The molecule has 0 radical (unpaired) electrons. The largest absolute Gasteiger partial charge is 0.379 e. The standard InChI is InChI=1S/C14H20N2O/c1-2-4-13(5-3-1)10-16-8-7-15-14(11-16)6-9-17-12-14/h1-5,15H,6-12H2/t14-/m0/s1. The van der Waals surface area contributed by atoms with Gasteiger partial charge in [-0.1, -0.05) is 30.3 Å². The van der Waals surface area contributed by atoms with Crippen molar-refractivity contribution in [3.63, 3.8) is 0 Å². The van der Waals surface area contributed by atoms with E-state index in [0.717, 1.165) is 45.8 Å². The van der Waals surface area contributed by atoms with E-state index in [1.54, 1.807) is 0 Å². The molecule has 1 N–H and O–H groups in total. The molecule has 0 bridgehead atoms. The fraction of sp³-hybridized carbons (Fsp3) is 0.571. The molecule has 3 rings (SSSR count). The molecule has 2 fully saturated rings. The molecule has 2 saturated heterocycles. The Morgan fingerprint density at radius 1 is 1.29 bits per heavy atom. The lowest BCUT2D eigenvalue weighted by Crippen LogP contribution is -2.60. The maximum absolute atomic E-state index is 5.55. The van der Waals surface area contributed by atoms with E-state index >= 15 is 0 Å². The molecule has 0 unspecified atom stereocenters. The Morgan fingerprint density at radius 2 is 2.18 bits per heavy atom. The summed E-state index contributed by atoms with van der Waals surface area (Å²) < 4.78 is 5.55. The van der Waals surface area contributed by atoms with Crippen molar-refractivity contribution in [2.75, 3.05) is 32.8 Å². The number of nitrogens with one attached hydrogen (secondary N) is 1. The Hall–Kier alpha value is -0.900. The molecule has 2 aliphatic rings. The van der Waals surface area contributed by atoms with Gasteiger partial charge in [0.2, 0.25) is 0 Å². The molecule has 1 spiro atoms. The number of benzene rings is 1. The van der Waals surface area contributed by atoms with Crippen molar-refractivity contribution in [1.29, 1.82) is 0 Å². The smallest absolute Gasteiger partial charge is 0.0661 e. The third-order valence-electron chi connectivity index (χ3n) is 3.81. The van der Waals surface area contributed by atoms with Crippen molar-refractivity contribution in [1.82, 2.24) is 10.2 Å². The monoisotopic (exact) mass is 232 g/mol. The van der Waals surface area contributed by atoms with Crippen LogP contribution in [0.1, 0.15) is 12.0 Å². The zero-order valence-electron chi connectivity index (χ0n) is 10.2. The van der Waals surface area contributed by atoms with Crippen LogP contribution >= 0.6 is 0 Å². The second kappa shape index (κ2) is 4.77. The van der Waals surface area contributed by atoms with Crippen LogP contribution in [0.4, 0.5) is 0 Å². The van der Waals surface area contributed by atoms with Gasteiger partial charge >= 0.3 is 0 Å². The summed E-state index contributed by atoms with van der Waals surface area (Å²) >= 11 is 0. The van der Waals surface area contributed by atoms with Gasteiger partial charge in [-0.3, -0.25) is 4.90 Å². The van der Waals surface area contributed by atoms with E-state index in [0.29, 0.717) is 0 Å². The molecule has 1 aromatic rings. The van der Waals surface area contributed by atoms with E-state index in [1.807, 2.05) is 0 Å². The summed E-state index contributed by atoms with van der Waals surface area (Å²) in [7, 11) is 0. The lowest BCUT2D eigenvalue weighted by Gasteiger charge is -2.40. The van der Waals surface area contributed by atoms with Crippen LogP contribution in [0.15, 0.2) is 30.3 Å². The van der Waals surface area contributed by atoms with E-state index < -0.39 is 0 Å². The van der Waals surface area contributed by atoms with Crippen molar-refractivity contribution in [3.8, 4) is 0 Å². The van der Waals surface area contributed by atoms with Crippen LogP contribution in [-0.2, 0) is 11.3 Å². The highest BCUT2D eigenvalue weighted by Gasteiger charge is 2.38.